The Labute approximate surface area is 152 Å². The van der Waals surface area contributed by atoms with E-state index in [1.807, 2.05) is 48.5 Å². The third kappa shape index (κ3) is 4.27. The van der Waals surface area contributed by atoms with Gasteiger partial charge in [-0.2, -0.15) is 5.10 Å². The Balaban J connectivity index is 1.85. The summed E-state index contributed by atoms with van der Waals surface area (Å²) in [6.07, 6.45) is 4.51. The molecule has 6 nitrogen and oxygen atoms in total. The van der Waals surface area contributed by atoms with Gasteiger partial charge in [-0.15, -0.1) is 0 Å². The summed E-state index contributed by atoms with van der Waals surface area (Å²) < 4.78 is 0.953. The molecule has 0 saturated heterocycles. The van der Waals surface area contributed by atoms with Gasteiger partial charge in [-0.05, 0) is 35.9 Å². The van der Waals surface area contributed by atoms with E-state index in [1.165, 1.54) is 12.4 Å². The lowest BCUT2D eigenvalue weighted by Crippen LogP contribution is -2.12. The molecule has 0 fully saturated rings. The molecular formula is C18H13BrN4O2. The first-order valence-corrected chi connectivity index (χ1v) is 8.13. The van der Waals surface area contributed by atoms with Gasteiger partial charge < -0.3 is 5.11 Å². The Morgan fingerprint density at radius 3 is 2.64 bits per heavy atom. The lowest BCUT2D eigenvalue weighted by molar-refractivity contribution is -0.129. The number of nitrogens with zero attached hydrogens (tertiary/aromatic N) is 3. The zero-order chi connectivity index (χ0) is 17.6. The lowest BCUT2D eigenvalue weighted by Gasteiger charge is -2.04. The Bertz CT molecular complexity index is 963. The number of aliphatic carboxylic acids is 1. The smallest absolute Gasteiger partial charge is 0.356 e. The maximum absolute atomic E-state index is 11.4. The summed E-state index contributed by atoms with van der Waals surface area (Å²) in [5.74, 6) is -0.694. The van der Waals surface area contributed by atoms with Gasteiger partial charge in [0.2, 0.25) is 0 Å². The van der Waals surface area contributed by atoms with Crippen LogP contribution in [-0.4, -0.2) is 26.8 Å². The molecule has 0 saturated carbocycles. The molecule has 0 aliphatic heterocycles. The fourth-order valence-electron chi connectivity index (χ4n) is 2.11. The van der Waals surface area contributed by atoms with Crippen LogP contribution in [0.3, 0.4) is 0 Å². The molecule has 0 bridgehead atoms. The third-order valence-corrected chi connectivity index (χ3v) is 3.88. The molecule has 0 atom stereocenters. The molecule has 0 radical (unpaired) electrons. The Morgan fingerprint density at radius 2 is 1.88 bits per heavy atom. The van der Waals surface area contributed by atoms with Gasteiger partial charge in [-0.1, -0.05) is 46.3 Å². The van der Waals surface area contributed by atoms with E-state index >= 15 is 0 Å². The van der Waals surface area contributed by atoms with Gasteiger partial charge in [0.1, 0.15) is 6.33 Å². The topological polar surface area (TPSA) is 87.5 Å². The third-order valence-electron chi connectivity index (χ3n) is 3.35. The average Bonchev–Trinajstić information content (AvgIpc) is 2.63. The highest BCUT2D eigenvalue weighted by molar-refractivity contribution is 9.10. The van der Waals surface area contributed by atoms with Crippen molar-refractivity contribution in [2.24, 2.45) is 5.10 Å². The van der Waals surface area contributed by atoms with Gasteiger partial charge in [-0.25, -0.2) is 14.8 Å². The SMILES string of the molecule is O=C(O)C(/C=C/c1ccc(Br)cc1)=N/Nc1ncnc2ccccc12. The minimum atomic E-state index is -1.14. The summed E-state index contributed by atoms with van der Waals surface area (Å²) in [5, 5.41) is 14.0. The van der Waals surface area contributed by atoms with Crippen LogP contribution in [0.5, 0.6) is 0 Å². The molecule has 0 aliphatic rings. The molecule has 7 heteroatoms. The maximum atomic E-state index is 11.4. The largest absolute Gasteiger partial charge is 0.476 e. The summed E-state index contributed by atoms with van der Waals surface area (Å²) in [6, 6.07) is 14.9. The first-order chi connectivity index (χ1) is 12.1. The number of anilines is 1. The van der Waals surface area contributed by atoms with E-state index < -0.39 is 5.97 Å². The Hall–Kier alpha value is -3.06. The van der Waals surface area contributed by atoms with Crippen LogP contribution in [-0.2, 0) is 4.79 Å². The fourth-order valence-corrected chi connectivity index (χ4v) is 2.38. The molecule has 0 amide bonds. The van der Waals surface area contributed by atoms with Crippen LogP contribution in [0.25, 0.3) is 17.0 Å². The number of halogens is 1. The molecule has 0 aliphatic carbocycles. The van der Waals surface area contributed by atoms with Crippen molar-refractivity contribution < 1.29 is 9.90 Å². The van der Waals surface area contributed by atoms with Gasteiger partial charge in [0.05, 0.1) is 5.52 Å². The number of carbonyl (C=O) groups is 1. The van der Waals surface area contributed by atoms with Gasteiger partial charge in [0, 0.05) is 9.86 Å². The van der Waals surface area contributed by atoms with Crippen LogP contribution in [0.15, 0.2) is 70.5 Å². The number of rotatable bonds is 5. The lowest BCUT2D eigenvalue weighted by atomic mass is 10.2. The van der Waals surface area contributed by atoms with E-state index in [1.54, 1.807) is 6.08 Å². The highest BCUT2D eigenvalue weighted by Gasteiger charge is 2.07. The number of aromatic nitrogens is 2. The summed E-state index contributed by atoms with van der Waals surface area (Å²) in [4.78, 5) is 19.7. The van der Waals surface area contributed by atoms with Crippen LogP contribution in [0.1, 0.15) is 5.56 Å². The molecular weight excluding hydrogens is 384 g/mol. The fraction of sp³-hybridized carbons (Fsp3) is 0. The molecule has 1 heterocycles. The molecule has 124 valence electrons. The van der Waals surface area contributed by atoms with Crippen molar-refractivity contribution in [2.45, 2.75) is 0 Å². The normalized spacial score (nSPS) is 11.8. The number of nitrogens with one attached hydrogen (secondary N) is 1. The van der Waals surface area contributed by atoms with Crippen LogP contribution in [0, 0.1) is 0 Å². The van der Waals surface area contributed by atoms with Crippen LogP contribution in [0.4, 0.5) is 5.82 Å². The van der Waals surface area contributed by atoms with Crippen molar-refractivity contribution in [1.82, 2.24) is 9.97 Å². The summed E-state index contributed by atoms with van der Waals surface area (Å²) >= 11 is 3.36. The van der Waals surface area contributed by atoms with E-state index in [4.69, 9.17) is 0 Å². The quantitative estimate of drug-likeness (QED) is 0.503. The highest BCUT2D eigenvalue weighted by Crippen LogP contribution is 2.18. The molecule has 2 aromatic carbocycles. The number of fused-ring (bicyclic) bond motifs is 1. The number of benzene rings is 2. The predicted octanol–water partition coefficient (Wildman–Crippen LogP) is 3.96. The second-order valence-corrected chi connectivity index (χ2v) is 5.95. The monoisotopic (exact) mass is 396 g/mol. The molecule has 2 N–H and O–H groups in total. The molecule has 25 heavy (non-hydrogen) atoms. The number of carboxylic acids is 1. The van der Waals surface area contributed by atoms with Crippen molar-refractivity contribution in [2.75, 3.05) is 5.43 Å². The molecule has 1 aromatic heterocycles. The average molecular weight is 397 g/mol. The highest BCUT2D eigenvalue weighted by atomic mass is 79.9. The van der Waals surface area contributed by atoms with Crippen LogP contribution in [0.2, 0.25) is 0 Å². The number of para-hydroxylation sites is 1. The van der Waals surface area contributed by atoms with Crippen molar-refractivity contribution in [3.8, 4) is 0 Å². The molecule has 3 aromatic rings. The van der Waals surface area contributed by atoms with Crippen molar-refractivity contribution in [3.63, 3.8) is 0 Å². The Kier molecular flexibility index (Phi) is 5.15. The van der Waals surface area contributed by atoms with Crippen molar-refractivity contribution >= 4 is 50.4 Å². The number of hydrogen-bond acceptors (Lipinski definition) is 5. The minimum absolute atomic E-state index is 0.134. The number of hydrogen-bond donors (Lipinski definition) is 2. The van der Waals surface area contributed by atoms with Crippen LogP contribution >= 0.6 is 15.9 Å². The predicted molar refractivity (Wildman–Crippen MR) is 101 cm³/mol. The van der Waals surface area contributed by atoms with Crippen molar-refractivity contribution in [1.29, 1.82) is 0 Å². The van der Waals surface area contributed by atoms with E-state index in [0.29, 0.717) is 5.82 Å². The zero-order valence-corrected chi connectivity index (χ0v) is 14.5. The zero-order valence-electron chi connectivity index (χ0n) is 12.9. The summed E-state index contributed by atoms with van der Waals surface area (Å²) in [5.41, 5.74) is 4.19. The molecule has 0 spiro atoms. The maximum Gasteiger partial charge on any atom is 0.356 e. The van der Waals surface area contributed by atoms with Gasteiger partial charge in [0.15, 0.2) is 11.5 Å². The van der Waals surface area contributed by atoms with E-state index in [2.05, 4.69) is 36.4 Å². The first kappa shape index (κ1) is 16.8. The second-order valence-electron chi connectivity index (χ2n) is 5.04. The summed E-state index contributed by atoms with van der Waals surface area (Å²) in [7, 11) is 0. The molecule has 0 unspecified atom stereocenters. The standard InChI is InChI=1S/C18H13BrN4O2/c19-13-8-5-12(6-9-13)7-10-16(18(24)25)22-23-17-14-3-1-2-4-15(14)20-11-21-17/h1-11H,(H,24,25)(H,20,21,23)/b10-7+,22-16+. The molecule has 3 rings (SSSR count). The first-order valence-electron chi connectivity index (χ1n) is 7.34. The number of carboxylic acid groups (broad SMARTS) is 1. The van der Waals surface area contributed by atoms with Crippen molar-refractivity contribution in [3.05, 3.63) is 71.0 Å². The van der Waals surface area contributed by atoms with Gasteiger partial charge in [-0.3, -0.25) is 5.43 Å². The van der Waals surface area contributed by atoms with Crippen LogP contribution < -0.4 is 5.43 Å². The second kappa shape index (κ2) is 7.67. The van der Waals surface area contributed by atoms with E-state index in [9.17, 15) is 9.90 Å². The minimum Gasteiger partial charge on any atom is -0.476 e. The summed E-state index contributed by atoms with van der Waals surface area (Å²) in [6.45, 7) is 0. The van der Waals surface area contributed by atoms with E-state index in [0.717, 1.165) is 20.9 Å². The van der Waals surface area contributed by atoms with E-state index in [-0.39, 0.29) is 5.71 Å². The van der Waals surface area contributed by atoms with Gasteiger partial charge in [0.25, 0.3) is 0 Å². The number of hydrazone groups is 1. The van der Waals surface area contributed by atoms with Gasteiger partial charge >= 0.3 is 5.97 Å². The Morgan fingerprint density at radius 1 is 1.12 bits per heavy atom.